The molecule has 0 heterocycles. The normalized spacial score (nSPS) is 16.6. The highest BCUT2D eigenvalue weighted by molar-refractivity contribution is 7.99. The lowest BCUT2D eigenvalue weighted by atomic mass is 10.1. The van der Waals surface area contributed by atoms with Gasteiger partial charge < -0.3 is 0 Å². The van der Waals surface area contributed by atoms with Crippen LogP contribution in [-0.2, 0) is 10.3 Å². The summed E-state index contributed by atoms with van der Waals surface area (Å²) in [5.74, 6) is 0.483. The number of halogens is 1. The molecule has 0 radical (unpaired) electrons. The number of hydrogen-bond acceptors (Lipinski definition) is 3. The Kier molecular flexibility index (Phi) is 3.42. The highest BCUT2D eigenvalue weighted by Gasteiger charge is 2.44. The molecule has 0 amide bonds. The van der Waals surface area contributed by atoms with Crippen molar-refractivity contribution in [2.24, 2.45) is 4.99 Å². The summed E-state index contributed by atoms with van der Waals surface area (Å²) in [6, 6.07) is 7.84. The Morgan fingerprint density at radius 2 is 2.06 bits per heavy atom. The minimum Gasteiger partial charge on any atom is -0.250 e. The molecule has 84 valence electrons. The molecule has 0 aliphatic heterocycles. The molecule has 0 spiro atoms. The SMILES string of the molecule is O=C=NC1(c2ccc(SCCF)cc2)CC1. The monoisotopic (exact) mass is 237 g/mol. The number of alkyl halides is 1. The first kappa shape index (κ1) is 11.4. The summed E-state index contributed by atoms with van der Waals surface area (Å²) in [6.07, 6.45) is 3.47. The van der Waals surface area contributed by atoms with E-state index in [1.165, 1.54) is 11.8 Å². The molecule has 1 aliphatic carbocycles. The van der Waals surface area contributed by atoms with E-state index in [1.54, 1.807) is 6.08 Å². The third kappa shape index (κ3) is 2.34. The number of thioether (sulfide) groups is 1. The van der Waals surface area contributed by atoms with Crippen molar-refractivity contribution >= 4 is 17.8 Å². The van der Waals surface area contributed by atoms with E-state index in [0.29, 0.717) is 5.75 Å². The lowest BCUT2D eigenvalue weighted by Gasteiger charge is -2.08. The highest BCUT2D eigenvalue weighted by atomic mass is 32.2. The third-order valence-electron chi connectivity index (χ3n) is 2.72. The van der Waals surface area contributed by atoms with E-state index >= 15 is 0 Å². The zero-order chi connectivity index (χ0) is 11.4. The van der Waals surface area contributed by atoms with Gasteiger partial charge in [0.05, 0.1) is 12.2 Å². The molecule has 0 atom stereocenters. The number of hydrogen-bond donors (Lipinski definition) is 0. The average molecular weight is 237 g/mol. The molecule has 1 aliphatic rings. The first-order valence-corrected chi connectivity index (χ1v) is 6.18. The molecule has 1 aromatic carbocycles. The van der Waals surface area contributed by atoms with Gasteiger partial charge in [0.25, 0.3) is 0 Å². The van der Waals surface area contributed by atoms with Crippen LogP contribution in [0.15, 0.2) is 34.2 Å². The van der Waals surface area contributed by atoms with Crippen molar-refractivity contribution in [2.45, 2.75) is 23.3 Å². The van der Waals surface area contributed by atoms with Gasteiger partial charge in [0, 0.05) is 10.6 Å². The van der Waals surface area contributed by atoms with Crippen LogP contribution in [0.4, 0.5) is 4.39 Å². The molecule has 2 rings (SSSR count). The maximum atomic E-state index is 12.0. The molecule has 0 aromatic heterocycles. The van der Waals surface area contributed by atoms with Crippen LogP contribution in [0.25, 0.3) is 0 Å². The molecular formula is C12H12FNOS. The fourth-order valence-electron chi connectivity index (χ4n) is 1.69. The summed E-state index contributed by atoms with van der Waals surface area (Å²) in [5, 5.41) is 0. The van der Waals surface area contributed by atoms with Crippen molar-refractivity contribution in [2.75, 3.05) is 12.4 Å². The van der Waals surface area contributed by atoms with Gasteiger partial charge in [-0.15, -0.1) is 11.8 Å². The van der Waals surface area contributed by atoms with Crippen LogP contribution in [0.5, 0.6) is 0 Å². The summed E-state index contributed by atoms with van der Waals surface area (Å²) in [4.78, 5) is 15.2. The summed E-state index contributed by atoms with van der Waals surface area (Å²) >= 11 is 1.49. The number of aliphatic imine (C=N–C) groups is 1. The average Bonchev–Trinajstić information content (AvgIpc) is 3.09. The smallest absolute Gasteiger partial charge is 0.235 e. The van der Waals surface area contributed by atoms with Gasteiger partial charge in [0.2, 0.25) is 6.08 Å². The second kappa shape index (κ2) is 4.81. The van der Waals surface area contributed by atoms with Crippen molar-refractivity contribution in [1.29, 1.82) is 0 Å². The lowest BCUT2D eigenvalue weighted by Crippen LogP contribution is -2.01. The second-order valence-electron chi connectivity index (χ2n) is 3.80. The van der Waals surface area contributed by atoms with Crippen molar-refractivity contribution in [3.8, 4) is 0 Å². The molecule has 1 fully saturated rings. The van der Waals surface area contributed by atoms with Gasteiger partial charge in [0.15, 0.2) is 0 Å². The van der Waals surface area contributed by atoms with Crippen LogP contribution in [-0.4, -0.2) is 18.5 Å². The van der Waals surface area contributed by atoms with Crippen LogP contribution in [0.1, 0.15) is 18.4 Å². The largest absolute Gasteiger partial charge is 0.250 e. The van der Waals surface area contributed by atoms with Crippen LogP contribution >= 0.6 is 11.8 Å². The van der Waals surface area contributed by atoms with Crippen LogP contribution in [0.2, 0.25) is 0 Å². The minimum absolute atomic E-state index is 0.301. The standard InChI is InChI=1S/C12H12FNOS/c13-7-8-16-11-3-1-10(2-4-11)12(5-6-12)14-9-15/h1-4H,5-8H2. The number of nitrogens with zero attached hydrogens (tertiary/aromatic N) is 1. The predicted molar refractivity (Wildman–Crippen MR) is 62.2 cm³/mol. The van der Waals surface area contributed by atoms with E-state index in [9.17, 15) is 9.18 Å². The van der Waals surface area contributed by atoms with Crippen LogP contribution in [0.3, 0.4) is 0 Å². The van der Waals surface area contributed by atoms with Gasteiger partial charge in [-0.3, -0.25) is 4.39 Å². The van der Waals surface area contributed by atoms with Crippen molar-refractivity contribution in [3.63, 3.8) is 0 Å². The van der Waals surface area contributed by atoms with E-state index in [2.05, 4.69) is 4.99 Å². The van der Waals surface area contributed by atoms with E-state index in [-0.39, 0.29) is 12.2 Å². The summed E-state index contributed by atoms with van der Waals surface area (Å²) in [6.45, 7) is -0.314. The summed E-state index contributed by atoms with van der Waals surface area (Å²) in [5.41, 5.74) is 0.755. The van der Waals surface area contributed by atoms with E-state index in [1.807, 2.05) is 24.3 Å². The zero-order valence-corrected chi connectivity index (χ0v) is 9.60. The topological polar surface area (TPSA) is 29.4 Å². The number of isocyanates is 1. The van der Waals surface area contributed by atoms with E-state index in [4.69, 9.17) is 0 Å². The first-order valence-electron chi connectivity index (χ1n) is 5.19. The zero-order valence-electron chi connectivity index (χ0n) is 8.78. The highest BCUT2D eigenvalue weighted by Crippen LogP contribution is 2.49. The maximum absolute atomic E-state index is 12.0. The Hall–Kier alpha value is -1.12. The predicted octanol–water partition coefficient (Wildman–Crippen LogP) is 3.07. The molecule has 0 bridgehead atoms. The molecule has 16 heavy (non-hydrogen) atoms. The second-order valence-corrected chi connectivity index (χ2v) is 4.96. The Bertz CT molecular complexity index is 408. The maximum Gasteiger partial charge on any atom is 0.235 e. The van der Waals surface area contributed by atoms with Crippen molar-refractivity contribution in [1.82, 2.24) is 0 Å². The Labute approximate surface area is 98.0 Å². The molecule has 1 saturated carbocycles. The number of rotatable bonds is 5. The van der Waals surface area contributed by atoms with Crippen LogP contribution < -0.4 is 0 Å². The molecule has 0 N–H and O–H groups in total. The first-order chi connectivity index (χ1) is 7.80. The molecule has 0 unspecified atom stereocenters. The minimum atomic E-state index is -0.314. The van der Waals surface area contributed by atoms with Crippen molar-refractivity contribution < 1.29 is 9.18 Å². The van der Waals surface area contributed by atoms with Gasteiger partial charge in [-0.25, -0.2) is 4.79 Å². The third-order valence-corrected chi connectivity index (χ3v) is 3.68. The quantitative estimate of drug-likeness (QED) is 0.447. The molecule has 0 saturated heterocycles. The van der Waals surface area contributed by atoms with Gasteiger partial charge in [-0.1, -0.05) is 12.1 Å². The lowest BCUT2D eigenvalue weighted by molar-refractivity contribution is 0.533. The van der Waals surface area contributed by atoms with Gasteiger partial charge >= 0.3 is 0 Å². The fraction of sp³-hybridized carbons (Fsp3) is 0.417. The molecule has 1 aromatic rings. The Balaban J connectivity index is 2.10. The molecule has 2 nitrogen and oxygen atoms in total. The molecule has 4 heteroatoms. The van der Waals surface area contributed by atoms with E-state index < -0.39 is 0 Å². The van der Waals surface area contributed by atoms with Crippen molar-refractivity contribution in [3.05, 3.63) is 29.8 Å². The Morgan fingerprint density at radius 1 is 1.38 bits per heavy atom. The molecular weight excluding hydrogens is 225 g/mol. The number of carbonyl (C=O) groups excluding carboxylic acids is 1. The summed E-state index contributed by atoms with van der Waals surface area (Å²) < 4.78 is 12.0. The fourth-order valence-corrected chi connectivity index (χ4v) is 2.33. The van der Waals surface area contributed by atoms with Crippen LogP contribution in [0, 0.1) is 0 Å². The Morgan fingerprint density at radius 3 is 2.56 bits per heavy atom. The van der Waals surface area contributed by atoms with Gasteiger partial charge in [-0.05, 0) is 30.5 Å². The summed E-state index contributed by atoms with van der Waals surface area (Å²) in [7, 11) is 0. The van der Waals surface area contributed by atoms with Gasteiger partial charge in [0.1, 0.15) is 0 Å². The number of benzene rings is 1. The van der Waals surface area contributed by atoms with Gasteiger partial charge in [-0.2, -0.15) is 4.99 Å². The van der Waals surface area contributed by atoms with E-state index in [0.717, 1.165) is 23.3 Å².